The number of hydrogen-bond donors (Lipinski definition) is 1. The van der Waals surface area contributed by atoms with Crippen molar-refractivity contribution in [3.63, 3.8) is 0 Å². The SMILES string of the molecule is Cc1ccc(S(=O)(=O)Oc2ccc3oc(=N)n(-c4ccc(Cl)cc4Cl)c3c2)cc1. The Morgan fingerprint density at radius 2 is 1.72 bits per heavy atom. The number of oxazole rings is 1. The maximum atomic E-state index is 12.6. The molecular formula is C20H14Cl2N2O4S. The van der Waals surface area contributed by atoms with Crippen molar-refractivity contribution in [3.05, 3.63) is 82.0 Å². The average Bonchev–Trinajstić information content (AvgIpc) is 2.97. The second kappa shape index (κ2) is 7.26. The maximum Gasteiger partial charge on any atom is 0.339 e. The summed E-state index contributed by atoms with van der Waals surface area (Å²) in [4.78, 5) is 0.0465. The van der Waals surface area contributed by atoms with Crippen LogP contribution in [0.15, 0.2) is 70.0 Å². The van der Waals surface area contributed by atoms with Crippen LogP contribution >= 0.6 is 23.2 Å². The number of aromatic nitrogens is 1. The van der Waals surface area contributed by atoms with E-state index in [1.165, 1.54) is 34.9 Å². The molecule has 0 aliphatic heterocycles. The molecule has 0 spiro atoms. The molecule has 0 bridgehead atoms. The lowest BCUT2D eigenvalue weighted by atomic mass is 10.2. The van der Waals surface area contributed by atoms with Gasteiger partial charge in [-0.25, -0.2) is 0 Å². The highest BCUT2D eigenvalue weighted by Crippen LogP contribution is 2.29. The number of aryl methyl sites for hydroxylation is 1. The first kappa shape index (κ1) is 19.6. The van der Waals surface area contributed by atoms with Crippen molar-refractivity contribution in [1.29, 1.82) is 5.41 Å². The van der Waals surface area contributed by atoms with Gasteiger partial charge >= 0.3 is 10.1 Å². The Kier molecular flexibility index (Phi) is 4.90. The fourth-order valence-corrected chi connectivity index (χ4v) is 4.27. The van der Waals surface area contributed by atoms with Crippen molar-refractivity contribution in [2.75, 3.05) is 0 Å². The molecule has 3 aromatic carbocycles. The van der Waals surface area contributed by atoms with E-state index >= 15 is 0 Å². The summed E-state index contributed by atoms with van der Waals surface area (Å²) in [6.45, 7) is 1.86. The highest BCUT2D eigenvalue weighted by molar-refractivity contribution is 7.87. The Bertz CT molecular complexity index is 1390. The number of rotatable bonds is 4. The van der Waals surface area contributed by atoms with Gasteiger partial charge in [-0.3, -0.25) is 9.98 Å². The fourth-order valence-electron chi connectivity index (χ4n) is 2.85. The van der Waals surface area contributed by atoms with Crippen LogP contribution in [-0.2, 0) is 10.1 Å². The van der Waals surface area contributed by atoms with E-state index in [9.17, 15) is 8.42 Å². The molecule has 0 saturated carbocycles. The molecule has 6 nitrogen and oxygen atoms in total. The topological polar surface area (TPSA) is 85.3 Å². The van der Waals surface area contributed by atoms with Crippen molar-refractivity contribution < 1.29 is 17.0 Å². The van der Waals surface area contributed by atoms with Gasteiger partial charge in [-0.2, -0.15) is 8.42 Å². The first-order valence-electron chi connectivity index (χ1n) is 8.41. The third kappa shape index (κ3) is 3.76. The molecule has 0 aliphatic carbocycles. The van der Waals surface area contributed by atoms with Crippen LogP contribution in [0.4, 0.5) is 0 Å². The molecule has 4 aromatic rings. The van der Waals surface area contributed by atoms with E-state index in [0.717, 1.165) is 5.56 Å². The van der Waals surface area contributed by atoms with Crippen LogP contribution in [0.3, 0.4) is 0 Å². The monoisotopic (exact) mass is 448 g/mol. The van der Waals surface area contributed by atoms with Crippen molar-refractivity contribution >= 4 is 44.4 Å². The minimum Gasteiger partial charge on any atom is -0.423 e. The third-order valence-corrected chi connectivity index (χ3v) is 6.05. The lowest BCUT2D eigenvalue weighted by molar-refractivity contribution is 0.486. The molecule has 1 N–H and O–H groups in total. The molecular weight excluding hydrogens is 435 g/mol. The van der Waals surface area contributed by atoms with Crippen molar-refractivity contribution in [2.24, 2.45) is 0 Å². The summed E-state index contributed by atoms with van der Waals surface area (Å²) in [5.74, 6) is 0.0812. The van der Waals surface area contributed by atoms with Crippen LogP contribution in [0.5, 0.6) is 5.75 Å². The molecule has 29 heavy (non-hydrogen) atoms. The van der Waals surface area contributed by atoms with Crippen LogP contribution < -0.4 is 9.87 Å². The van der Waals surface area contributed by atoms with Gasteiger partial charge in [0.25, 0.3) is 5.68 Å². The molecule has 0 saturated heterocycles. The van der Waals surface area contributed by atoms with Gasteiger partial charge in [0.2, 0.25) is 0 Å². The molecule has 0 atom stereocenters. The van der Waals surface area contributed by atoms with Gasteiger partial charge in [0, 0.05) is 11.1 Å². The zero-order chi connectivity index (χ0) is 20.8. The molecule has 0 radical (unpaired) electrons. The van der Waals surface area contributed by atoms with Gasteiger partial charge in [-0.15, -0.1) is 0 Å². The number of nitrogens with zero attached hydrogens (tertiary/aromatic N) is 1. The first-order valence-corrected chi connectivity index (χ1v) is 10.6. The van der Waals surface area contributed by atoms with Crippen LogP contribution in [0, 0.1) is 12.3 Å². The summed E-state index contributed by atoms with van der Waals surface area (Å²) in [6, 6.07) is 15.7. The van der Waals surface area contributed by atoms with Gasteiger partial charge in [-0.05, 0) is 49.4 Å². The van der Waals surface area contributed by atoms with Crippen molar-refractivity contribution in [1.82, 2.24) is 4.57 Å². The Hall–Kier alpha value is -2.74. The maximum absolute atomic E-state index is 12.6. The van der Waals surface area contributed by atoms with E-state index < -0.39 is 10.1 Å². The minimum absolute atomic E-state index is 0.0465. The second-order valence-electron chi connectivity index (χ2n) is 6.32. The lowest BCUT2D eigenvalue weighted by Crippen LogP contribution is -2.13. The predicted molar refractivity (Wildman–Crippen MR) is 110 cm³/mol. The molecule has 9 heteroatoms. The average molecular weight is 449 g/mol. The summed E-state index contributed by atoms with van der Waals surface area (Å²) in [5, 5.41) is 8.91. The molecule has 0 aliphatic rings. The highest BCUT2D eigenvalue weighted by atomic mass is 35.5. The minimum atomic E-state index is -4.01. The van der Waals surface area contributed by atoms with Gasteiger partial charge in [0.05, 0.1) is 16.2 Å². The lowest BCUT2D eigenvalue weighted by Gasteiger charge is -2.09. The highest BCUT2D eigenvalue weighted by Gasteiger charge is 2.19. The Labute approximate surface area is 176 Å². The van der Waals surface area contributed by atoms with E-state index in [1.54, 1.807) is 30.3 Å². The van der Waals surface area contributed by atoms with E-state index in [0.29, 0.717) is 26.8 Å². The normalized spacial score (nSPS) is 11.7. The molecule has 4 rings (SSSR count). The van der Waals surface area contributed by atoms with Gasteiger partial charge < -0.3 is 8.60 Å². The summed E-state index contributed by atoms with van der Waals surface area (Å²) in [5.41, 5.74) is 2.03. The molecule has 1 heterocycles. The van der Waals surface area contributed by atoms with Gasteiger partial charge in [0.15, 0.2) is 5.58 Å². The molecule has 0 unspecified atom stereocenters. The largest absolute Gasteiger partial charge is 0.423 e. The summed E-state index contributed by atoms with van der Waals surface area (Å²) >= 11 is 12.2. The number of hydrogen-bond acceptors (Lipinski definition) is 5. The number of nitrogens with one attached hydrogen (secondary N) is 1. The molecule has 148 valence electrons. The van der Waals surface area contributed by atoms with E-state index in [1.807, 2.05) is 6.92 Å². The third-order valence-electron chi connectivity index (χ3n) is 4.25. The first-order chi connectivity index (χ1) is 13.7. The summed E-state index contributed by atoms with van der Waals surface area (Å²) in [6.07, 6.45) is 0. The number of benzene rings is 3. The Morgan fingerprint density at radius 3 is 2.41 bits per heavy atom. The summed E-state index contributed by atoms with van der Waals surface area (Å²) in [7, 11) is -4.01. The number of halogens is 2. The molecule has 0 amide bonds. The predicted octanol–water partition coefficient (Wildman–Crippen LogP) is 5.09. The van der Waals surface area contributed by atoms with Crippen LogP contribution in [0.25, 0.3) is 16.8 Å². The molecule has 0 fully saturated rings. The fraction of sp³-hybridized carbons (Fsp3) is 0.0500. The Morgan fingerprint density at radius 1 is 1.00 bits per heavy atom. The Balaban J connectivity index is 1.80. The van der Waals surface area contributed by atoms with Crippen molar-refractivity contribution in [2.45, 2.75) is 11.8 Å². The zero-order valence-corrected chi connectivity index (χ0v) is 17.3. The number of fused-ring (bicyclic) bond motifs is 1. The van der Waals surface area contributed by atoms with Crippen LogP contribution in [-0.4, -0.2) is 13.0 Å². The van der Waals surface area contributed by atoms with Crippen LogP contribution in [0.1, 0.15) is 5.56 Å². The smallest absolute Gasteiger partial charge is 0.339 e. The van der Waals surface area contributed by atoms with Crippen LogP contribution in [0.2, 0.25) is 10.0 Å². The van der Waals surface area contributed by atoms with Crippen molar-refractivity contribution in [3.8, 4) is 11.4 Å². The summed E-state index contributed by atoms with van der Waals surface area (Å²) < 4.78 is 37.3. The molecule has 1 aromatic heterocycles. The van der Waals surface area contributed by atoms with Gasteiger partial charge in [0.1, 0.15) is 10.6 Å². The van der Waals surface area contributed by atoms with E-state index in [2.05, 4.69) is 0 Å². The van der Waals surface area contributed by atoms with Gasteiger partial charge in [-0.1, -0.05) is 40.9 Å². The second-order valence-corrected chi connectivity index (χ2v) is 8.71. The van der Waals surface area contributed by atoms with E-state index in [4.69, 9.17) is 37.2 Å². The zero-order valence-electron chi connectivity index (χ0n) is 15.0. The standard InChI is InChI=1S/C20H14Cl2N2O4S/c1-12-2-6-15(7-3-12)29(25,26)28-14-5-9-19-18(11-14)24(20(23)27-19)17-8-4-13(21)10-16(17)22/h2-11,23H,1H3. The van der Waals surface area contributed by atoms with E-state index in [-0.39, 0.29) is 16.3 Å². The quantitative estimate of drug-likeness (QED) is 0.440.